The van der Waals surface area contributed by atoms with E-state index in [1.54, 1.807) is 0 Å². The van der Waals surface area contributed by atoms with Gasteiger partial charge in [-0.1, -0.05) is 18.5 Å². The third kappa shape index (κ3) is 6.11. The van der Waals surface area contributed by atoms with Gasteiger partial charge in [-0.3, -0.25) is 9.59 Å². The van der Waals surface area contributed by atoms with Crippen LogP contribution in [0.15, 0.2) is 36.4 Å². The van der Waals surface area contributed by atoms with Crippen LogP contribution in [-0.2, 0) is 9.53 Å². The number of rotatable bonds is 9. The maximum atomic E-state index is 12.3. The molecule has 0 saturated heterocycles. The van der Waals surface area contributed by atoms with E-state index in [9.17, 15) is 14.4 Å². The van der Waals surface area contributed by atoms with Gasteiger partial charge in [0.15, 0.2) is 18.1 Å². The van der Waals surface area contributed by atoms with Crippen LogP contribution >= 0.6 is 11.6 Å². The van der Waals surface area contributed by atoms with Crippen LogP contribution in [0.5, 0.6) is 11.5 Å². The first-order valence-electron chi connectivity index (χ1n) is 8.72. The number of hydrogen-bond donors (Lipinski definition) is 2. The highest BCUT2D eigenvalue weighted by atomic mass is 35.5. The molecule has 0 aliphatic rings. The highest BCUT2D eigenvalue weighted by Crippen LogP contribution is 2.36. The van der Waals surface area contributed by atoms with Crippen molar-refractivity contribution < 1.29 is 28.6 Å². The minimum Gasteiger partial charge on any atom is -0.493 e. The Labute approximate surface area is 172 Å². The molecule has 0 aliphatic carbocycles. The Morgan fingerprint density at radius 2 is 1.79 bits per heavy atom. The number of anilines is 1. The second kappa shape index (κ2) is 10.3. The van der Waals surface area contributed by atoms with Crippen molar-refractivity contribution in [1.29, 1.82) is 0 Å². The first-order chi connectivity index (χ1) is 13.8. The van der Waals surface area contributed by atoms with E-state index in [2.05, 4.69) is 5.32 Å². The number of benzene rings is 2. The molecule has 0 atom stereocenters. The van der Waals surface area contributed by atoms with E-state index in [1.165, 1.54) is 43.5 Å². The molecule has 0 radical (unpaired) electrons. The Balaban J connectivity index is 1.98. The first-order valence-corrected chi connectivity index (χ1v) is 9.10. The van der Waals surface area contributed by atoms with Gasteiger partial charge < -0.3 is 25.3 Å². The summed E-state index contributed by atoms with van der Waals surface area (Å²) in [6.07, 6.45) is 0.781. The van der Waals surface area contributed by atoms with Crippen molar-refractivity contribution in [3.63, 3.8) is 0 Å². The second-order valence-electron chi connectivity index (χ2n) is 5.90. The van der Waals surface area contributed by atoms with E-state index < -0.39 is 24.4 Å². The third-order valence-electron chi connectivity index (χ3n) is 3.70. The fraction of sp³-hybridized carbons (Fsp3) is 0.250. The molecule has 3 N–H and O–H groups in total. The van der Waals surface area contributed by atoms with Crippen molar-refractivity contribution in [3.8, 4) is 11.5 Å². The van der Waals surface area contributed by atoms with E-state index >= 15 is 0 Å². The summed E-state index contributed by atoms with van der Waals surface area (Å²) in [5.41, 5.74) is 6.02. The smallest absolute Gasteiger partial charge is 0.338 e. The van der Waals surface area contributed by atoms with Gasteiger partial charge in [-0.15, -0.1) is 0 Å². The second-order valence-corrected chi connectivity index (χ2v) is 6.31. The Hall–Kier alpha value is -3.26. The molecule has 0 saturated carbocycles. The van der Waals surface area contributed by atoms with Crippen LogP contribution in [0, 0.1) is 0 Å². The summed E-state index contributed by atoms with van der Waals surface area (Å²) in [6, 6.07) is 8.79. The molecule has 2 aromatic rings. The number of halogens is 1. The Bertz CT molecular complexity index is 899. The normalized spacial score (nSPS) is 10.2. The van der Waals surface area contributed by atoms with Crippen LogP contribution in [0.2, 0.25) is 5.02 Å². The minimum absolute atomic E-state index is 0.120. The molecule has 2 rings (SSSR count). The third-order valence-corrected chi connectivity index (χ3v) is 3.98. The fourth-order valence-electron chi connectivity index (χ4n) is 2.31. The minimum atomic E-state index is -0.744. The molecule has 2 amide bonds. The molecule has 154 valence electrons. The lowest BCUT2D eigenvalue weighted by atomic mass is 10.2. The number of methoxy groups -OCH3 is 1. The number of nitrogens with two attached hydrogens (primary N) is 1. The molecule has 9 heteroatoms. The molecule has 2 aromatic carbocycles. The number of carbonyl (C=O) groups is 3. The largest absolute Gasteiger partial charge is 0.493 e. The van der Waals surface area contributed by atoms with Gasteiger partial charge >= 0.3 is 5.97 Å². The molecule has 0 bridgehead atoms. The lowest BCUT2D eigenvalue weighted by Crippen LogP contribution is -2.21. The van der Waals surface area contributed by atoms with Crippen molar-refractivity contribution >= 4 is 35.1 Å². The fourth-order valence-corrected chi connectivity index (χ4v) is 2.58. The monoisotopic (exact) mass is 420 g/mol. The zero-order chi connectivity index (χ0) is 21.4. The summed E-state index contributed by atoms with van der Waals surface area (Å²) in [5, 5.41) is 2.74. The van der Waals surface area contributed by atoms with Crippen molar-refractivity contribution in [2.24, 2.45) is 5.73 Å². The average molecular weight is 421 g/mol. The van der Waals surface area contributed by atoms with Crippen molar-refractivity contribution in [2.75, 3.05) is 25.6 Å². The molecule has 0 aliphatic heterocycles. The zero-order valence-corrected chi connectivity index (χ0v) is 16.7. The van der Waals surface area contributed by atoms with Crippen molar-refractivity contribution in [3.05, 3.63) is 52.5 Å². The van der Waals surface area contributed by atoms with Gasteiger partial charge in [0.2, 0.25) is 5.91 Å². The Kier molecular flexibility index (Phi) is 7.85. The van der Waals surface area contributed by atoms with Gasteiger partial charge in [0.05, 0.1) is 24.3 Å². The van der Waals surface area contributed by atoms with Crippen LogP contribution < -0.4 is 20.5 Å². The summed E-state index contributed by atoms with van der Waals surface area (Å²) < 4.78 is 15.8. The molecule has 0 spiro atoms. The summed E-state index contributed by atoms with van der Waals surface area (Å²) in [7, 11) is 1.43. The van der Waals surface area contributed by atoms with Crippen molar-refractivity contribution in [2.45, 2.75) is 13.3 Å². The van der Waals surface area contributed by atoms with E-state index in [0.717, 1.165) is 6.42 Å². The number of carbonyl (C=O) groups excluding carboxylic acids is 3. The average Bonchev–Trinajstić information content (AvgIpc) is 2.70. The van der Waals surface area contributed by atoms with Crippen LogP contribution in [0.3, 0.4) is 0 Å². The topological polar surface area (TPSA) is 117 Å². The number of hydrogen-bond acceptors (Lipinski definition) is 6. The van der Waals surface area contributed by atoms with Gasteiger partial charge in [-0.2, -0.15) is 0 Å². The number of nitrogens with one attached hydrogen (secondary N) is 1. The molecule has 8 nitrogen and oxygen atoms in total. The highest BCUT2D eigenvalue weighted by Gasteiger charge is 2.18. The summed E-state index contributed by atoms with van der Waals surface area (Å²) in [6.45, 7) is 1.88. The maximum Gasteiger partial charge on any atom is 0.338 e. The van der Waals surface area contributed by atoms with E-state index in [4.69, 9.17) is 31.5 Å². The van der Waals surface area contributed by atoms with Crippen LogP contribution in [-0.4, -0.2) is 38.1 Å². The van der Waals surface area contributed by atoms with E-state index in [-0.39, 0.29) is 16.3 Å². The molecule has 0 aromatic heterocycles. The number of amides is 2. The first kappa shape index (κ1) is 22.0. The van der Waals surface area contributed by atoms with E-state index in [0.29, 0.717) is 23.6 Å². The maximum absolute atomic E-state index is 12.3. The summed E-state index contributed by atoms with van der Waals surface area (Å²) >= 11 is 6.17. The van der Waals surface area contributed by atoms with Gasteiger partial charge in [0.25, 0.3) is 5.91 Å². The lowest BCUT2D eigenvalue weighted by Gasteiger charge is -2.13. The highest BCUT2D eigenvalue weighted by molar-refractivity contribution is 6.32. The zero-order valence-electron chi connectivity index (χ0n) is 16.0. The Morgan fingerprint density at radius 3 is 2.38 bits per heavy atom. The molecule has 0 heterocycles. The number of ether oxygens (including phenoxy) is 3. The predicted octanol–water partition coefficient (Wildman–Crippen LogP) is 3.03. The van der Waals surface area contributed by atoms with Crippen LogP contribution in [0.4, 0.5) is 5.69 Å². The van der Waals surface area contributed by atoms with E-state index in [1.807, 2.05) is 6.92 Å². The lowest BCUT2D eigenvalue weighted by molar-refractivity contribution is -0.119. The molecule has 0 fully saturated rings. The molecular formula is C20H21ClN2O6. The van der Waals surface area contributed by atoms with Crippen LogP contribution in [0.25, 0.3) is 0 Å². The van der Waals surface area contributed by atoms with Gasteiger partial charge in [0.1, 0.15) is 0 Å². The Morgan fingerprint density at radius 1 is 1.10 bits per heavy atom. The SMILES string of the molecule is CCCOc1c(Cl)cc(C(=O)OCC(=O)Nc2ccc(C(N)=O)cc2)cc1OC. The summed E-state index contributed by atoms with van der Waals surface area (Å²) in [4.78, 5) is 35.3. The molecule has 29 heavy (non-hydrogen) atoms. The predicted molar refractivity (Wildman–Crippen MR) is 108 cm³/mol. The quantitative estimate of drug-likeness (QED) is 0.602. The standard InChI is InChI=1S/C20H21ClN2O6/c1-3-8-28-18-15(21)9-13(10-16(18)27-2)20(26)29-11-17(24)23-14-6-4-12(5-7-14)19(22)25/h4-7,9-10H,3,8,11H2,1-2H3,(H2,22,25)(H,23,24). The van der Waals surface area contributed by atoms with Gasteiger partial charge in [-0.05, 0) is 42.8 Å². The van der Waals surface area contributed by atoms with Crippen molar-refractivity contribution in [1.82, 2.24) is 0 Å². The summed E-state index contributed by atoms with van der Waals surface area (Å²) in [5.74, 6) is -1.24. The number of primary amides is 1. The molecular weight excluding hydrogens is 400 g/mol. The van der Waals surface area contributed by atoms with Gasteiger partial charge in [-0.25, -0.2) is 4.79 Å². The number of esters is 1. The molecule has 0 unspecified atom stereocenters. The van der Waals surface area contributed by atoms with Gasteiger partial charge in [0, 0.05) is 11.3 Å². The van der Waals surface area contributed by atoms with Crippen LogP contribution in [0.1, 0.15) is 34.1 Å².